The van der Waals surface area contributed by atoms with E-state index in [-0.39, 0.29) is 23.9 Å². The lowest BCUT2D eigenvalue weighted by Gasteiger charge is -2.29. The van der Waals surface area contributed by atoms with Gasteiger partial charge in [0.1, 0.15) is 6.04 Å². The molecule has 4 heteroatoms. The number of nitrogens with zero attached hydrogens (tertiary/aromatic N) is 1. The van der Waals surface area contributed by atoms with E-state index in [1.807, 2.05) is 38.1 Å². The first-order valence-electron chi connectivity index (χ1n) is 8.81. The molecule has 1 aromatic carbocycles. The van der Waals surface area contributed by atoms with Crippen molar-refractivity contribution < 1.29 is 9.59 Å². The maximum atomic E-state index is 12.9. The molecule has 1 aromatic rings. The Hall–Kier alpha value is -1.84. The summed E-state index contributed by atoms with van der Waals surface area (Å²) in [5.74, 6) is -0.0551. The van der Waals surface area contributed by atoms with Crippen LogP contribution in [0.3, 0.4) is 0 Å². The van der Waals surface area contributed by atoms with E-state index >= 15 is 0 Å². The molecule has 4 nitrogen and oxygen atoms in total. The van der Waals surface area contributed by atoms with Crippen molar-refractivity contribution >= 4 is 11.8 Å². The van der Waals surface area contributed by atoms with Crippen LogP contribution in [0.15, 0.2) is 24.3 Å². The van der Waals surface area contributed by atoms with Crippen molar-refractivity contribution in [3.8, 4) is 0 Å². The van der Waals surface area contributed by atoms with Gasteiger partial charge >= 0.3 is 0 Å². The molecule has 0 aromatic heterocycles. The van der Waals surface area contributed by atoms with Crippen LogP contribution in [0.25, 0.3) is 0 Å². The standard InChI is InChI=1S/C19H26N2O2/c1-13(2)21-17(15-11-7-8-12-16(15)19(21)23)18(22)20-14-9-5-3-4-6-10-14/h7-8,11-14,17H,3-6,9-10H2,1-2H3,(H,20,22)/t17-/m0/s1. The van der Waals surface area contributed by atoms with Crippen LogP contribution in [0.5, 0.6) is 0 Å². The van der Waals surface area contributed by atoms with E-state index < -0.39 is 6.04 Å². The number of carbonyl (C=O) groups is 2. The Morgan fingerprint density at radius 3 is 2.43 bits per heavy atom. The van der Waals surface area contributed by atoms with Crippen molar-refractivity contribution in [1.29, 1.82) is 0 Å². The number of amides is 2. The third-order valence-corrected chi connectivity index (χ3v) is 5.00. The highest BCUT2D eigenvalue weighted by atomic mass is 16.2. The second kappa shape index (κ2) is 6.73. The molecular weight excluding hydrogens is 288 g/mol. The predicted octanol–water partition coefficient (Wildman–Crippen LogP) is 3.43. The van der Waals surface area contributed by atoms with Crippen molar-refractivity contribution in [2.45, 2.75) is 70.5 Å². The first kappa shape index (κ1) is 16.0. The first-order chi connectivity index (χ1) is 11.1. The highest BCUT2D eigenvalue weighted by Gasteiger charge is 2.42. The summed E-state index contributed by atoms with van der Waals surface area (Å²) < 4.78 is 0. The molecule has 2 amide bonds. The molecule has 1 aliphatic heterocycles. The highest BCUT2D eigenvalue weighted by Crippen LogP contribution is 2.35. The van der Waals surface area contributed by atoms with Crippen molar-refractivity contribution in [3.63, 3.8) is 0 Å². The summed E-state index contributed by atoms with van der Waals surface area (Å²) in [6.45, 7) is 3.94. The zero-order chi connectivity index (χ0) is 16.4. The molecular formula is C19H26N2O2. The monoisotopic (exact) mass is 314 g/mol. The van der Waals surface area contributed by atoms with Gasteiger partial charge in [0.15, 0.2) is 0 Å². The van der Waals surface area contributed by atoms with Crippen LogP contribution in [0.1, 0.15) is 74.3 Å². The third kappa shape index (κ3) is 3.12. The van der Waals surface area contributed by atoms with E-state index in [4.69, 9.17) is 0 Å². The average Bonchev–Trinajstić information content (AvgIpc) is 2.67. The topological polar surface area (TPSA) is 49.4 Å². The Morgan fingerprint density at radius 1 is 1.13 bits per heavy atom. The summed E-state index contributed by atoms with van der Waals surface area (Å²) in [6.07, 6.45) is 6.98. The van der Waals surface area contributed by atoms with Gasteiger partial charge in [-0.2, -0.15) is 0 Å². The molecule has 1 heterocycles. The lowest BCUT2D eigenvalue weighted by atomic mass is 10.0. The molecule has 23 heavy (non-hydrogen) atoms. The predicted molar refractivity (Wildman–Crippen MR) is 90.1 cm³/mol. The lowest BCUT2D eigenvalue weighted by molar-refractivity contribution is -0.126. The van der Waals surface area contributed by atoms with Gasteiger partial charge in [0.2, 0.25) is 5.91 Å². The Labute approximate surface area is 138 Å². The molecule has 3 rings (SSSR count). The molecule has 1 saturated carbocycles. The Balaban J connectivity index is 1.83. The van der Waals surface area contributed by atoms with Crippen LogP contribution in [0.4, 0.5) is 0 Å². The second-order valence-corrected chi connectivity index (χ2v) is 6.99. The van der Waals surface area contributed by atoms with Crippen LogP contribution < -0.4 is 5.32 Å². The number of benzene rings is 1. The fourth-order valence-corrected chi connectivity index (χ4v) is 3.84. The number of nitrogens with one attached hydrogen (secondary N) is 1. The van der Waals surface area contributed by atoms with Crippen LogP contribution >= 0.6 is 0 Å². The summed E-state index contributed by atoms with van der Waals surface area (Å²) in [7, 11) is 0. The quantitative estimate of drug-likeness (QED) is 0.869. The largest absolute Gasteiger partial charge is 0.351 e. The molecule has 124 valence electrons. The van der Waals surface area contributed by atoms with E-state index in [1.165, 1.54) is 25.7 Å². The van der Waals surface area contributed by atoms with Gasteiger partial charge in [0.25, 0.3) is 5.91 Å². The maximum absolute atomic E-state index is 12.9. The van der Waals surface area contributed by atoms with Crippen LogP contribution in [-0.4, -0.2) is 28.8 Å². The van der Waals surface area contributed by atoms with E-state index in [9.17, 15) is 9.59 Å². The summed E-state index contributed by atoms with van der Waals surface area (Å²) >= 11 is 0. The molecule has 2 aliphatic rings. The number of carbonyl (C=O) groups excluding carboxylic acids is 2. The zero-order valence-corrected chi connectivity index (χ0v) is 14.0. The summed E-state index contributed by atoms with van der Waals surface area (Å²) in [6, 6.07) is 7.27. The second-order valence-electron chi connectivity index (χ2n) is 6.99. The molecule has 0 saturated heterocycles. The van der Waals surface area contributed by atoms with Crippen LogP contribution in [-0.2, 0) is 4.79 Å². The van der Waals surface area contributed by atoms with Crippen LogP contribution in [0, 0.1) is 0 Å². The van der Waals surface area contributed by atoms with E-state index in [2.05, 4.69) is 5.32 Å². The summed E-state index contributed by atoms with van der Waals surface area (Å²) in [4.78, 5) is 27.3. The number of hydrogen-bond acceptors (Lipinski definition) is 2. The third-order valence-electron chi connectivity index (χ3n) is 5.00. The van der Waals surface area contributed by atoms with Crippen molar-refractivity contribution in [2.75, 3.05) is 0 Å². The summed E-state index contributed by atoms with van der Waals surface area (Å²) in [5, 5.41) is 3.21. The van der Waals surface area contributed by atoms with Crippen molar-refractivity contribution in [3.05, 3.63) is 35.4 Å². The molecule has 1 fully saturated rings. The number of fused-ring (bicyclic) bond motifs is 1. The lowest BCUT2D eigenvalue weighted by Crippen LogP contribution is -2.45. The minimum atomic E-state index is -0.484. The fraction of sp³-hybridized carbons (Fsp3) is 0.579. The highest BCUT2D eigenvalue weighted by molar-refractivity contribution is 6.04. The fourth-order valence-electron chi connectivity index (χ4n) is 3.84. The average molecular weight is 314 g/mol. The summed E-state index contributed by atoms with van der Waals surface area (Å²) in [5.41, 5.74) is 1.51. The number of hydrogen-bond donors (Lipinski definition) is 1. The van der Waals surface area contributed by atoms with Gasteiger partial charge in [-0.3, -0.25) is 9.59 Å². The SMILES string of the molecule is CC(C)N1C(=O)c2ccccc2[C@H]1C(=O)NC1CCCCCC1. The van der Waals surface area contributed by atoms with Gasteiger partial charge in [0, 0.05) is 17.6 Å². The van der Waals surface area contributed by atoms with Crippen molar-refractivity contribution in [2.24, 2.45) is 0 Å². The van der Waals surface area contributed by atoms with Gasteiger partial charge in [-0.1, -0.05) is 43.9 Å². The van der Waals surface area contributed by atoms with Gasteiger partial charge in [0.05, 0.1) is 0 Å². The van der Waals surface area contributed by atoms with E-state index in [0.717, 1.165) is 18.4 Å². The Kier molecular flexibility index (Phi) is 4.69. The van der Waals surface area contributed by atoms with Gasteiger partial charge in [-0.25, -0.2) is 0 Å². The minimum absolute atomic E-state index is 0.000200. The molecule has 0 bridgehead atoms. The van der Waals surface area contributed by atoms with Crippen LogP contribution in [0.2, 0.25) is 0 Å². The normalized spacial score (nSPS) is 22.1. The van der Waals surface area contributed by atoms with Gasteiger partial charge in [-0.05, 0) is 38.3 Å². The van der Waals surface area contributed by atoms with Crippen molar-refractivity contribution in [1.82, 2.24) is 10.2 Å². The van der Waals surface area contributed by atoms with Gasteiger partial charge in [-0.15, -0.1) is 0 Å². The Morgan fingerprint density at radius 2 is 1.78 bits per heavy atom. The smallest absolute Gasteiger partial charge is 0.255 e. The molecule has 0 unspecified atom stereocenters. The Bertz CT molecular complexity index is 589. The van der Waals surface area contributed by atoms with E-state index in [0.29, 0.717) is 5.56 Å². The zero-order valence-electron chi connectivity index (χ0n) is 14.0. The molecule has 1 atom stereocenters. The molecule has 0 radical (unpaired) electrons. The first-order valence-corrected chi connectivity index (χ1v) is 8.81. The molecule has 1 aliphatic carbocycles. The molecule has 0 spiro atoms. The molecule has 1 N–H and O–H groups in total. The van der Waals surface area contributed by atoms with E-state index in [1.54, 1.807) is 4.90 Å². The number of rotatable bonds is 3. The van der Waals surface area contributed by atoms with Gasteiger partial charge < -0.3 is 10.2 Å². The minimum Gasteiger partial charge on any atom is -0.351 e. The maximum Gasteiger partial charge on any atom is 0.255 e.